The summed E-state index contributed by atoms with van der Waals surface area (Å²) in [5, 5.41) is 17.8. The minimum atomic E-state index is -0.416. The Balaban J connectivity index is 2.95. The summed E-state index contributed by atoms with van der Waals surface area (Å²) < 4.78 is 10.3. The van der Waals surface area contributed by atoms with Gasteiger partial charge < -0.3 is 14.6 Å². The minimum Gasteiger partial charge on any atom is -0.497 e. The SMILES string of the molecule is COc1ccc(OC)c(CC(C#N)CO)c1. The molecule has 0 aliphatic carbocycles. The first-order chi connectivity index (χ1) is 7.74. The van der Waals surface area contributed by atoms with E-state index in [1.807, 2.05) is 12.1 Å². The monoisotopic (exact) mass is 221 g/mol. The molecular formula is C12H15NO3. The molecule has 0 spiro atoms. The van der Waals surface area contributed by atoms with Crippen molar-refractivity contribution < 1.29 is 14.6 Å². The Labute approximate surface area is 95.0 Å². The van der Waals surface area contributed by atoms with Crippen LogP contribution in [0.3, 0.4) is 0 Å². The molecule has 0 saturated carbocycles. The predicted octanol–water partition coefficient (Wildman–Crippen LogP) is 1.38. The average Bonchev–Trinajstić information content (AvgIpc) is 2.35. The predicted molar refractivity (Wildman–Crippen MR) is 59.4 cm³/mol. The van der Waals surface area contributed by atoms with E-state index >= 15 is 0 Å². The molecule has 0 bridgehead atoms. The Kier molecular flexibility index (Phi) is 4.62. The Morgan fingerprint density at radius 2 is 2.12 bits per heavy atom. The summed E-state index contributed by atoms with van der Waals surface area (Å²) in [4.78, 5) is 0. The molecule has 1 N–H and O–H groups in total. The first kappa shape index (κ1) is 12.3. The maximum absolute atomic E-state index is 8.98. The van der Waals surface area contributed by atoms with Crippen molar-refractivity contribution in [2.75, 3.05) is 20.8 Å². The van der Waals surface area contributed by atoms with Crippen molar-refractivity contribution >= 4 is 0 Å². The number of aliphatic hydroxyl groups is 1. The molecule has 4 heteroatoms. The largest absolute Gasteiger partial charge is 0.497 e. The molecule has 0 saturated heterocycles. The summed E-state index contributed by atoms with van der Waals surface area (Å²) in [5.74, 6) is 1.00. The van der Waals surface area contributed by atoms with Crippen molar-refractivity contribution in [1.29, 1.82) is 5.26 Å². The van der Waals surface area contributed by atoms with E-state index in [1.54, 1.807) is 26.4 Å². The number of ether oxygens (including phenoxy) is 2. The lowest BCUT2D eigenvalue weighted by atomic mass is 10.0. The van der Waals surface area contributed by atoms with Gasteiger partial charge in [-0.1, -0.05) is 0 Å². The highest BCUT2D eigenvalue weighted by atomic mass is 16.5. The molecule has 0 fully saturated rings. The van der Waals surface area contributed by atoms with Gasteiger partial charge in [-0.15, -0.1) is 0 Å². The Morgan fingerprint density at radius 1 is 1.38 bits per heavy atom. The third kappa shape index (κ3) is 2.88. The third-order valence-electron chi connectivity index (χ3n) is 2.36. The number of nitriles is 1. The smallest absolute Gasteiger partial charge is 0.122 e. The fraction of sp³-hybridized carbons (Fsp3) is 0.417. The lowest BCUT2D eigenvalue weighted by Crippen LogP contribution is -2.08. The van der Waals surface area contributed by atoms with E-state index in [0.717, 1.165) is 5.56 Å². The zero-order valence-corrected chi connectivity index (χ0v) is 9.43. The molecule has 16 heavy (non-hydrogen) atoms. The van der Waals surface area contributed by atoms with Crippen LogP contribution in [0.15, 0.2) is 18.2 Å². The van der Waals surface area contributed by atoms with Crippen molar-refractivity contribution in [1.82, 2.24) is 0 Å². The van der Waals surface area contributed by atoms with E-state index in [1.165, 1.54) is 0 Å². The van der Waals surface area contributed by atoms with Gasteiger partial charge in [-0.05, 0) is 30.2 Å². The molecule has 1 aromatic carbocycles. The first-order valence-electron chi connectivity index (χ1n) is 4.96. The van der Waals surface area contributed by atoms with Crippen LogP contribution in [0.25, 0.3) is 0 Å². The van der Waals surface area contributed by atoms with Crippen molar-refractivity contribution in [3.63, 3.8) is 0 Å². The number of nitrogens with zero attached hydrogens (tertiary/aromatic N) is 1. The standard InChI is InChI=1S/C12H15NO3/c1-15-11-3-4-12(16-2)10(6-11)5-9(7-13)8-14/h3-4,6,9,14H,5,8H2,1-2H3. The molecule has 4 nitrogen and oxygen atoms in total. The van der Waals surface area contributed by atoms with Gasteiger partial charge in [0, 0.05) is 0 Å². The van der Waals surface area contributed by atoms with E-state index < -0.39 is 5.92 Å². The normalized spacial score (nSPS) is 11.6. The van der Waals surface area contributed by atoms with Crippen LogP contribution < -0.4 is 9.47 Å². The van der Waals surface area contributed by atoms with Crippen molar-refractivity contribution in [2.45, 2.75) is 6.42 Å². The van der Waals surface area contributed by atoms with Gasteiger partial charge in [0.15, 0.2) is 0 Å². The quantitative estimate of drug-likeness (QED) is 0.815. The zero-order valence-electron chi connectivity index (χ0n) is 9.43. The summed E-state index contributed by atoms with van der Waals surface area (Å²) in [5.41, 5.74) is 0.863. The van der Waals surface area contributed by atoms with Crippen molar-refractivity contribution in [3.05, 3.63) is 23.8 Å². The lowest BCUT2D eigenvalue weighted by Gasteiger charge is -2.12. The van der Waals surface area contributed by atoms with Crippen LogP contribution in [-0.4, -0.2) is 25.9 Å². The van der Waals surface area contributed by atoms with E-state index in [0.29, 0.717) is 17.9 Å². The number of aliphatic hydroxyl groups excluding tert-OH is 1. The Hall–Kier alpha value is -1.73. The van der Waals surface area contributed by atoms with Crippen LogP contribution in [0.4, 0.5) is 0 Å². The molecule has 86 valence electrons. The second kappa shape index (κ2) is 5.99. The van der Waals surface area contributed by atoms with Gasteiger partial charge in [0.2, 0.25) is 0 Å². The van der Waals surface area contributed by atoms with Crippen LogP contribution in [-0.2, 0) is 6.42 Å². The molecule has 1 atom stereocenters. The maximum atomic E-state index is 8.98. The van der Waals surface area contributed by atoms with Crippen LogP contribution >= 0.6 is 0 Å². The summed E-state index contributed by atoms with van der Waals surface area (Å²) in [6.07, 6.45) is 0.452. The second-order valence-electron chi connectivity index (χ2n) is 3.39. The molecule has 1 unspecified atom stereocenters. The van der Waals surface area contributed by atoms with E-state index in [-0.39, 0.29) is 6.61 Å². The van der Waals surface area contributed by atoms with Gasteiger partial charge in [0.25, 0.3) is 0 Å². The molecule has 1 aromatic rings. The minimum absolute atomic E-state index is 0.156. The second-order valence-corrected chi connectivity index (χ2v) is 3.39. The fourth-order valence-corrected chi connectivity index (χ4v) is 1.46. The van der Waals surface area contributed by atoms with Crippen molar-refractivity contribution in [3.8, 4) is 17.6 Å². The number of rotatable bonds is 5. The van der Waals surface area contributed by atoms with Crippen LogP contribution in [0.5, 0.6) is 11.5 Å². The maximum Gasteiger partial charge on any atom is 0.122 e. The van der Waals surface area contributed by atoms with Gasteiger partial charge in [0.1, 0.15) is 11.5 Å². The topological polar surface area (TPSA) is 62.5 Å². The highest BCUT2D eigenvalue weighted by Gasteiger charge is 2.12. The van der Waals surface area contributed by atoms with Gasteiger partial charge >= 0.3 is 0 Å². The van der Waals surface area contributed by atoms with Gasteiger partial charge in [0.05, 0.1) is 32.8 Å². The number of hydrogen-bond acceptors (Lipinski definition) is 4. The van der Waals surface area contributed by atoms with Gasteiger partial charge in [-0.3, -0.25) is 0 Å². The summed E-state index contributed by atoms with van der Waals surface area (Å²) in [6.45, 7) is -0.156. The molecule has 0 heterocycles. The molecule has 1 rings (SSSR count). The summed E-state index contributed by atoms with van der Waals surface area (Å²) in [6, 6.07) is 7.45. The Morgan fingerprint density at radius 3 is 2.62 bits per heavy atom. The molecule has 0 aliphatic heterocycles. The van der Waals surface area contributed by atoms with Gasteiger partial charge in [-0.2, -0.15) is 5.26 Å². The van der Waals surface area contributed by atoms with E-state index in [9.17, 15) is 0 Å². The molecular weight excluding hydrogens is 206 g/mol. The van der Waals surface area contributed by atoms with E-state index in [4.69, 9.17) is 19.8 Å². The van der Waals surface area contributed by atoms with Crippen LogP contribution in [0, 0.1) is 17.2 Å². The fourth-order valence-electron chi connectivity index (χ4n) is 1.46. The van der Waals surface area contributed by atoms with Crippen LogP contribution in [0.2, 0.25) is 0 Å². The van der Waals surface area contributed by atoms with Crippen molar-refractivity contribution in [2.24, 2.45) is 5.92 Å². The third-order valence-corrected chi connectivity index (χ3v) is 2.36. The number of methoxy groups -OCH3 is 2. The number of hydrogen-bond donors (Lipinski definition) is 1. The summed E-state index contributed by atoms with van der Waals surface area (Å²) in [7, 11) is 3.16. The zero-order chi connectivity index (χ0) is 12.0. The molecule has 0 radical (unpaired) electrons. The highest BCUT2D eigenvalue weighted by Crippen LogP contribution is 2.26. The number of benzene rings is 1. The van der Waals surface area contributed by atoms with Crippen LogP contribution in [0.1, 0.15) is 5.56 Å². The van der Waals surface area contributed by atoms with Gasteiger partial charge in [-0.25, -0.2) is 0 Å². The Bertz CT molecular complexity index is 384. The highest BCUT2D eigenvalue weighted by molar-refractivity contribution is 5.40. The lowest BCUT2D eigenvalue weighted by molar-refractivity contribution is 0.254. The summed E-state index contributed by atoms with van der Waals surface area (Å²) >= 11 is 0. The molecule has 0 aliphatic rings. The first-order valence-corrected chi connectivity index (χ1v) is 4.96. The molecule has 0 aromatic heterocycles. The molecule has 0 amide bonds. The average molecular weight is 221 g/mol. The van der Waals surface area contributed by atoms with E-state index in [2.05, 4.69) is 0 Å².